The van der Waals surface area contributed by atoms with Crippen molar-refractivity contribution in [2.24, 2.45) is 0 Å². The molecule has 0 fully saturated rings. The molecular weight excluding hydrogens is 487 g/mol. The molecule has 12 nitrogen and oxygen atoms in total. The Balaban J connectivity index is 1.81. The lowest BCUT2D eigenvalue weighted by atomic mass is 10.2. The van der Waals surface area contributed by atoms with Crippen LogP contribution in [0.2, 0.25) is 10.0 Å². The number of aromatic nitrogens is 4. The van der Waals surface area contributed by atoms with E-state index in [9.17, 15) is 9.59 Å². The molecule has 0 spiro atoms. The number of aromatic amines is 1. The molecule has 0 aliphatic carbocycles. The SMILES string of the molecule is C=CC(=O)Nc1[nH]ncc1Nc1cc(N(C)C(=O)Nc2c(Cl)c(OC)cc(OC)c2Cl)ncn1. The summed E-state index contributed by atoms with van der Waals surface area (Å²) in [7, 11) is 4.35. The zero-order valence-electron chi connectivity index (χ0n) is 18.3. The molecule has 0 bridgehead atoms. The average Bonchev–Trinajstić information content (AvgIpc) is 3.27. The topological polar surface area (TPSA) is 146 Å². The van der Waals surface area contributed by atoms with Gasteiger partial charge in [-0.25, -0.2) is 14.8 Å². The number of carbonyl (C=O) groups is 2. The zero-order valence-corrected chi connectivity index (χ0v) is 19.8. The lowest BCUT2D eigenvalue weighted by Crippen LogP contribution is -2.32. The Morgan fingerprint density at radius 2 is 1.79 bits per heavy atom. The highest BCUT2D eigenvalue weighted by Crippen LogP contribution is 2.44. The first kappa shape index (κ1) is 24.6. The summed E-state index contributed by atoms with van der Waals surface area (Å²) in [4.78, 5) is 33.9. The quantitative estimate of drug-likeness (QED) is 0.334. The van der Waals surface area contributed by atoms with Crippen LogP contribution >= 0.6 is 23.2 Å². The maximum atomic E-state index is 12.9. The second-order valence-corrected chi connectivity index (χ2v) is 7.27. The number of amides is 3. The number of anilines is 5. The fourth-order valence-corrected chi connectivity index (χ4v) is 3.27. The van der Waals surface area contributed by atoms with Crippen molar-refractivity contribution in [3.8, 4) is 11.5 Å². The molecule has 34 heavy (non-hydrogen) atoms. The molecule has 0 atom stereocenters. The van der Waals surface area contributed by atoms with Gasteiger partial charge in [0.25, 0.3) is 0 Å². The number of nitrogens with zero attached hydrogens (tertiary/aromatic N) is 4. The molecule has 178 valence electrons. The summed E-state index contributed by atoms with van der Waals surface area (Å²) in [6.45, 7) is 3.40. The summed E-state index contributed by atoms with van der Waals surface area (Å²) in [5, 5.41) is 14.9. The van der Waals surface area contributed by atoms with Gasteiger partial charge in [-0.15, -0.1) is 0 Å². The van der Waals surface area contributed by atoms with Gasteiger partial charge >= 0.3 is 6.03 Å². The molecule has 3 aromatic rings. The van der Waals surface area contributed by atoms with Crippen molar-refractivity contribution in [3.63, 3.8) is 0 Å². The molecule has 3 amide bonds. The lowest BCUT2D eigenvalue weighted by Gasteiger charge is -2.20. The summed E-state index contributed by atoms with van der Waals surface area (Å²) in [6, 6.07) is 2.43. The maximum Gasteiger partial charge on any atom is 0.327 e. The number of rotatable bonds is 8. The number of carbonyl (C=O) groups excluding carboxylic acids is 2. The third-order valence-corrected chi connectivity index (χ3v) is 5.19. The Morgan fingerprint density at radius 3 is 2.41 bits per heavy atom. The van der Waals surface area contributed by atoms with E-state index in [1.807, 2.05) is 0 Å². The van der Waals surface area contributed by atoms with Gasteiger partial charge in [0.2, 0.25) is 5.91 Å². The highest BCUT2D eigenvalue weighted by Gasteiger charge is 2.22. The number of nitrogens with one attached hydrogen (secondary N) is 4. The van der Waals surface area contributed by atoms with Crippen LogP contribution in [0.3, 0.4) is 0 Å². The Bertz CT molecular complexity index is 1210. The van der Waals surface area contributed by atoms with Gasteiger partial charge in [-0.1, -0.05) is 29.8 Å². The summed E-state index contributed by atoms with van der Waals surface area (Å²) < 4.78 is 10.4. The van der Waals surface area contributed by atoms with Crippen molar-refractivity contribution in [2.45, 2.75) is 0 Å². The number of H-pyrrole nitrogens is 1. The standard InChI is InChI=1S/C20H20Cl2N8O4/c1-5-15(31)27-19-10(8-25-29-19)26-13-7-14(24-9-23-13)30(2)20(32)28-18-16(21)11(33-3)6-12(34-4)17(18)22/h5-9H,1H2,2-4H3,(H,28,32)(H,23,24,26)(H2,25,27,29,31). The van der Waals surface area contributed by atoms with Crippen molar-refractivity contribution < 1.29 is 19.1 Å². The largest absolute Gasteiger partial charge is 0.495 e. The van der Waals surface area contributed by atoms with Gasteiger partial charge in [0.15, 0.2) is 5.82 Å². The Morgan fingerprint density at radius 1 is 1.12 bits per heavy atom. The number of hydrogen-bond acceptors (Lipinski definition) is 8. The highest BCUT2D eigenvalue weighted by molar-refractivity contribution is 6.41. The molecule has 1 aromatic carbocycles. The van der Waals surface area contributed by atoms with E-state index in [0.29, 0.717) is 17.3 Å². The first-order valence-electron chi connectivity index (χ1n) is 9.49. The third kappa shape index (κ3) is 5.30. The summed E-state index contributed by atoms with van der Waals surface area (Å²) >= 11 is 12.7. The van der Waals surface area contributed by atoms with Crippen molar-refractivity contribution in [2.75, 3.05) is 42.1 Å². The Kier molecular flexibility index (Phi) is 7.76. The van der Waals surface area contributed by atoms with E-state index >= 15 is 0 Å². The second kappa shape index (κ2) is 10.7. The predicted molar refractivity (Wildman–Crippen MR) is 130 cm³/mol. The zero-order chi connectivity index (χ0) is 24.8. The summed E-state index contributed by atoms with van der Waals surface area (Å²) in [5.74, 6) is 1.02. The van der Waals surface area contributed by atoms with E-state index in [-0.39, 0.29) is 33.0 Å². The second-order valence-electron chi connectivity index (χ2n) is 6.51. The molecule has 0 aliphatic heterocycles. The molecule has 4 N–H and O–H groups in total. The van der Waals surface area contributed by atoms with E-state index < -0.39 is 11.9 Å². The van der Waals surface area contributed by atoms with Crippen LogP contribution in [0.5, 0.6) is 11.5 Å². The molecule has 2 aromatic heterocycles. The van der Waals surface area contributed by atoms with Crippen LogP contribution in [0.1, 0.15) is 0 Å². The fourth-order valence-electron chi connectivity index (χ4n) is 2.68. The van der Waals surface area contributed by atoms with Gasteiger partial charge in [-0.3, -0.25) is 14.8 Å². The van der Waals surface area contributed by atoms with E-state index in [0.717, 1.165) is 6.08 Å². The number of hydrogen-bond donors (Lipinski definition) is 4. The minimum absolute atomic E-state index is 0.106. The molecule has 0 unspecified atom stereocenters. The van der Waals surface area contributed by atoms with Gasteiger partial charge in [-0.05, 0) is 6.08 Å². The predicted octanol–water partition coefficient (Wildman–Crippen LogP) is 4.06. The fraction of sp³-hybridized carbons (Fsp3) is 0.150. The van der Waals surface area contributed by atoms with E-state index in [4.69, 9.17) is 32.7 Å². The number of methoxy groups -OCH3 is 2. The van der Waals surface area contributed by atoms with E-state index in [1.54, 1.807) is 0 Å². The molecule has 0 aliphatic rings. The Labute approximate surface area is 204 Å². The molecule has 2 heterocycles. The first-order valence-corrected chi connectivity index (χ1v) is 10.2. The van der Waals surface area contributed by atoms with Crippen molar-refractivity contribution in [3.05, 3.63) is 47.4 Å². The number of ether oxygens (including phenoxy) is 2. The van der Waals surface area contributed by atoms with Gasteiger partial charge in [-0.2, -0.15) is 5.10 Å². The molecule has 0 saturated heterocycles. The van der Waals surface area contributed by atoms with Crippen molar-refractivity contribution >= 4 is 64.0 Å². The molecule has 0 radical (unpaired) electrons. The van der Waals surface area contributed by atoms with Crippen molar-refractivity contribution in [1.29, 1.82) is 0 Å². The Hall–Kier alpha value is -4.03. The normalized spacial score (nSPS) is 10.3. The minimum Gasteiger partial charge on any atom is -0.495 e. The van der Waals surface area contributed by atoms with E-state index in [2.05, 4.69) is 42.7 Å². The first-order chi connectivity index (χ1) is 16.3. The number of urea groups is 1. The van der Waals surface area contributed by atoms with E-state index in [1.165, 1.54) is 50.8 Å². The van der Waals surface area contributed by atoms with Crippen LogP contribution in [0, 0.1) is 0 Å². The van der Waals surface area contributed by atoms with Crippen molar-refractivity contribution in [1.82, 2.24) is 20.2 Å². The minimum atomic E-state index is -0.592. The monoisotopic (exact) mass is 506 g/mol. The van der Waals surface area contributed by atoms with Gasteiger partial charge in [0, 0.05) is 19.2 Å². The van der Waals surface area contributed by atoms with Gasteiger partial charge < -0.3 is 25.4 Å². The van der Waals surface area contributed by atoms with Crippen LogP contribution in [-0.2, 0) is 4.79 Å². The molecule has 14 heteroatoms. The van der Waals surface area contributed by atoms with Crippen LogP contribution in [0.15, 0.2) is 37.3 Å². The summed E-state index contributed by atoms with van der Waals surface area (Å²) in [6.07, 6.45) is 3.84. The lowest BCUT2D eigenvalue weighted by molar-refractivity contribution is -0.111. The number of benzene rings is 1. The van der Waals surface area contributed by atoms with Crippen LogP contribution in [0.25, 0.3) is 0 Å². The number of halogens is 2. The van der Waals surface area contributed by atoms with Crippen LogP contribution < -0.4 is 30.3 Å². The smallest absolute Gasteiger partial charge is 0.327 e. The average molecular weight is 507 g/mol. The van der Waals surface area contributed by atoms with Crippen LogP contribution in [0.4, 0.5) is 33.6 Å². The maximum absolute atomic E-state index is 12.9. The van der Waals surface area contributed by atoms with Gasteiger partial charge in [0.05, 0.1) is 26.1 Å². The summed E-state index contributed by atoms with van der Waals surface area (Å²) in [5.41, 5.74) is 0.554. The highest BCUT2D eigenvalue weighted by atomic mass is 35.5. The molecule has 0 saturated carbocycles. The molecular formula is C20H20Cl2N8O4. The van der Waals surface area contributed by atoms with Crippen LogP contribution in [-0.4, -0.2) is 53.4 Å². The third-order valence-electron chi connectivity index (χ3n) is 4.44. The molecule has 3 rings (SSSR count). The van der Waals surface area contributed by atoms with Gasteiger partial charge in [0.1, 0.15) is 45.2 Å².